The highest BCUT2D eigenvalue weighted by atomic mass is 16.2. The molecule has 0 saturated heterocycles. The van der Waals surface area contributed by atoms with Crippen LogP contribution in [0.2, 0.25) is 0 Å². The number of nitrogens with two attached hydrogens (primary N) is 1. The molecular formula is C5H13N3O. The van der Waals surface area contributed by atoms with Crippen molar-refractivity contribution in [2.45, 2.75) is 0 Å². The summed E-state index contributed by atoms with van der Waals surface area (Å²) in [7, 11) is 5.18. The van der Waals surface area contributed by atoms with E-state index in [1.807, 2.05) is 14.1 Å². The highest BCUT2D eigenvalue weighted by molar-refractivity contribution is 5.77. The molecule has 0 aromatic carbocycles. The lowest BCUT2D eigenvalue weighted by molar-refractivity contribution is -0.130. The second-order valence-corrected chi connectivity index (χ2v) is 2.24. The summed E-state index contributed by atoms with van der Waals surface area (Å²) in [5, 5.41) is 1.08. The molecule has 0 fully saturated rings. The smallest absolute Gasteiger partial charge is 0.250 e. The van der Waals surface area contributed by atoms with Crippen LogP contribution >= 0.6 is 0 Å². The molecule has 0 radical (unpaired) electrons. The number of nitrogens with zero attached hydrogens (tertiary/aromatic N) is 2. The first-order chi connectivity index (χ1) is 4.04. The fraction of sp³-hybridized carbons (Fsp3) is 0.800. The summed E-state index contributed by atoms with van der Waals surface area (Å²) in [5.41, 5.74) is 0. The Morgan fingerprint density at radius 1 is 1.44 bits per heavy atom. The summed E-state index contributed by atoms with van der Waals surface area (Å²) in [4.78, 5) is 12.5. The first kappa shape index (κ1) is 8.39. The standard InChI is InChI=1S/C5H13N3O/c1-7(2)4-5(9)8(3)6/h4,6H2,1-3H3. The van der Waals surface area contributed by atoms with Gasteiger partial charge in [-0.1, -0.05) is 0 Å². The van der Waals surface area contributed by atoms with Gasteiger partial charge in [0.25, 0.3) is 0 Å². The van der Waals surface area contributed by atoms with Crippen LogP contribution in [0.3, 0.4) is 0 Å². The highest BCUT2D eigenvalue weighted by Crippen LogP contribution is 1.77. The highest BCUT2D eigenvalue weighted by Gasteiger charge is 2.03. The van der Waals surface area contributed by atoms with Crippen molar-refractivity contribution in [3.8, 4) is 0 Å². The molecule has 0 aliphatic rings. The lowest BCUT2D eigenvalue weighted by atomic mass is 10.5. The molecular weight excluding hydrogens is 118 g/mol. The third-order valence-corrected chi connectivity index (χ3v) is 0.845. The molecule has 0 aromatic rings. The van der Waals surface area contributed by atoms with Crippen LogP contribution < -0.4 is 5.84 Å². The van der Waals surface area contributed by atoms with Crippen molar-refractivity contribution in [1.82, 2.24) is 9.91 Å². The summed E-state index contributed by atoms with van der Waals surface area (Å²) < 4.78 is 0. The average Bonchev–Trinajstić information content (AvgIpc) is 1.63. The van der Waals surface area contributed by atoms with Crippen molar-refractivity contribution < 1.29 is 4.79 Å². The van der Waals surface area contributed by atoms with Crippen LogP contribution in [0.1, 0.15) is 0 Å². The van der Waals surface area contributed by atoms with Crippen molar-refractivity contribution in [2.75, 3.05) is 27.7 Å². The van der Waals surface area contributed by atoms with Gasteiger partial charge in [0, 0.05) is 7.05 Å². The number of hydrogen-bond acceptors (Lipinski definition) is 3. The summed E-state index contributed by atoms with van der Waals surface area (Å²) >= 11 is 0. The monoisotopic (exact) mass is 131 g/mol. The van der Waals surface area contributed by atoms with E-state index in [-0.39, 0.29) is 5.91 Å². The molecule has 4 nitrogen and oxygen atoms in total. The quantitative estimate of drug-likeness (QED) is 0.293. The third kappa shape index (κ3) is 3.93. The van der Waals surface area contributed by atoms with E-state index in [2.05, 4.69) is 0 Å². The zero-order chi connectivity index (χ0) is 7.44. The molecule has 4 heteroatoms. The Kier molecular flexibility index (Phi) is 3.19. The van der Waals surface area contributed by atoms with Crippen LogP contribution in [0.4, 0.5) is 0 Å². The van der Waals surface area contributed by atoms with Crippen LogP contribution in [0.5, 0.6) is 0 Å². The molecule has 0 unspecified atom stereocenters. The molecule has 54 valence electrons. The van der Waals surface area contributed by atoms with Gasteiger partial charge >= 0.3 is 0 Å². The number of amides is 1. The molecule has 0 aromatic heterocycles. The summed E-state index contributed by atoms with van der Waals surface area (Å²) in [6.45, 7) is 0.368. The van der Waals surface area contributed by atoms with Crippen molar-refractivity contribution in [2.24, 2.45) is 5.84 Å². The predicted molar refractivity (Wildman–Crippen MR) is 35.5 cm³/mol. The van der Waals surface area contributed by atoms with E-state index in [4.69, 9.17) is 5.84 Å². The van der Waals surface area contributed by atoms with E-state index in [1.165, 1.54) is 7.05 Å². The zero-order valence-electron chi connectivity index (χ0n) is 6.09. The molecule has 0 spiro atoms. The van der Waals surface area contributed by atoms with Crippen LogP contribution in [-0.4, -0.2) is 43.5 Å². The lowest BCUT2D eigenvalue weighted by Crippen LogP contribution is -2.39. The van der Waals surface area contributed by atoms with Gasteiger partial charge in [0.15, 0.2) is 0 Å². The van der Waals surface area contributed by atoms with Crippen molar-refractivity contribution in [3.63, 3.8) is 0 Å². The summed E-state index contributed by atoms with van der Waals surface area (Å²) in [5.74, 6) is 5.06. The molecule has 0 aliphatic carbocycles. The molecule has 0 bridgehead atoms. The molecule has 0 heterocycles. The van der Waals surface area contributed by atoms with Crippen LogP contribution in [-0.2, 0) is 4.79 Å². The van der Waals surface area contributed by atoms with Gasteiger partial charge in [-0.15, -0.1) is 0 Å². The number of carbonyl (C=O) groups excluding carboxylic acids is 1. The average molecular weight is 131 g/mol. The fourth-order valence-electron chi connectivity index (χ4n) is 0.382. The molecule has 0 atom stereocenters. The van der Waals surface area contributed by atoms with Gasteiger partial charge in [-0.05, 0) is 14.1 Å². The second kappa shape index (κ2) is 3.42. The summed E-state index contributed by atoms with van der Waals surface area (Å²) in [6, 6.07) is 0. The Morgan fingerprint density at radius 2 is 1.89 bits per heavy atom. The predicted octanol–water partition coefficient (Wildman–Crippen LogP) is -1.12. The van der Waals surface area contributed by atoms with Crippen molar-refractivity contribution in [1.29, 1.82) is 0 Å². The summed E-state index contributed by atoms with van der Waals surface area (Å²) in [6.07, 6.45) is 0. The molecule has 0 rings (SSSR count). The number of likely N-dealkylation sites (N-methyl/N-ethyl adjacent to an activating group) is 2. The number of carbonyl (C=O) groups is 1. The maximum absolute atomic E-state index is 10.7. The minimum atomic E-state index is -0.0833. The first-order valence-electron chi connectivity index (χ1n) is 2.70. The van der Waals surface area contributed by atoms with E-state index < -0.39 is 0 Å². The van der Waals surface area contributed by atoms with Gasteiger partial charge < -0.3 is 4.90 Å². The van der Waals surface area contributed by atoms with Gasteiger partial charge in [0.05, 0.1) is 6.54 Å². The van der Waals surface area contributed by atoms with E-state index in [0.29, 0.717) is 6.54 Å². The van der Waals surface area contributed by atoms with E-state index in [1.54, 1.807) is 4.90 Å². The second-order valence-electron chi connectivity index (χ2n) is 2.24. The molecule has 0 aliphatic heterocycles. The molecule has 2 N–H and O–H groups in total. The molecule has 9 heavy (non-hydrogen) atoms. The van der Waals surface area contributed by atoms with Gasteiger partial charge in [-0.25, -0.2) is 5.84 Å². The van der Waals surface area contributed by atoms with Crippen LogP contribution in [0.25, 0.3) is 0 Å². The van der Waals surface area contributed by atoms with Crippen molar-refractivity contribution >= 4 is 5.91 Å². The SMILES string of the molecule is CN(C)CC(=O)N(C)N. The maximum Gasteiger partial charge on any atom is 0.250 e. The zero-order valence-corrected chi connectivity index (χ0v) is 6.09. The Bertz CT molecular complexity index is 100. The number of rotatable bonds is 2. The Labute approximate surface area is 55.2 Å². The number of hydrazine groups is 1. The molecule has 1 amide bonds. The fourth-order valence-corrected chi connectivity index (χ4v) is 0.382. The Morgan fingerprint density at radius 3 is 2.00 bits per heavy atom. The largest absolute Gasteiger partial charge is 0.301 e. The van der Waals surface area contributed by atoms with E-state index in [9.17, 15) is 4.79 Å². The normalized spacial score (nSPS) is 9.89. The van der Waals surface area contributed by atoms with Gasteiger partial charge in [0.2, 0.25) is 5.91 Å². The van der Waals surface area contributed by atoms with Gasteiger partial charge in [-0.3, -0.25) is 9.80 Å². The maximum atomic E-state index is 10.7. The van der Waals surface area contributed by atoms with Crippen LogP contribution in [0.15, 0.2) is 0 Å². The van der Waals surface area contributed by atoms with Gasteiger partial charge in [-0.2, -0.15) is 0 Å². The molecule has 0 saturated carbocycles. The first-order valence-corrected chi connectivity index (χ1v) is 2.70. The Balaban J connectivity index is 3.51. The number of hydrogen-bond donors (Lipinski definition) is 1. The van der Waals surface area contributed by atoms with E-state index >= 15 is 0 Å². The van der Waals surface area contributed by atoms with E-state index in [0.717, 1.165) is 5.01 Å². The topological polar surface area (TPSA) is 49.6 Å². The van der Waals surface area contributed by atoms with Crippen LogP contribution in [0, 0.1) is 0 Å². The van der Waals surface area contributed by atoms with Gasteiger partial charge in [0.1, 0.15) is 0 Å². The Hall–Kier alpha value is -0.610. The minimum Gasteiger partial charge on any atom is -0.301 e. The lowest BCUT2D eigenvalue weighted by Gasteiger charge is -2.13. The minimum absolute atomic E-state index is 0.0833. The van der Waals surface area contributed by atoms with Crippen molar-refractivity contribution in [3.05, 3.63) is 0 Å². The third-order valence-electron chi connectivity index (χ3n) is 0.845.